The molecule has 1 saturated heterocycles. The number of benzene rings is 1. The molecule has 2 unspecified atom stereocenters. The third-order valence-corrected chi connectivity index (χ3v) is 8.60. The number of nitrogens with zero attached hydrogens (tertiary/aromatic N) is 3. The lowest BCUT2D eigenvalue weighted by molar-refractivity contribution is -0.135. The zero-order chi connectivity index (χ0) is 24.9. The highest BCUT2D eigenvalue weighted by atomic mass is 35.5. The van der Waals surface area contributed by atoms with Crippen molar-refractivity contribution in [1.82, 2.24) is 14.5 Å². The van der Waals surface area contributed by atoms with Crippen LogP contribution in [0.5, 0.6) is 0 Å². The average Bonchev–Trinajstić information content (AvgIpc) is 3.27. The molecule has 5 rings (SSSR count). The SMILES string of the molecule is NC(=O)N1C(=O)C2Sc3c(sc(=O)n3CC(=O)Nc3ccc(Cl)cc3)[C@@H](c3cccnc3)C2C1=O. The summed E-state index contributed by atoms with van der Waals surface area (Å²) in [5, 5.41) is 2.64. The van der Waals surface area contributed by atoms with Gasteiger partial charge in [-0.25, -0.2) is 4.79 Å². The summed E-state index contributed by atoms with van der Waals surface area (Å²) < 4.78 is 1.28. The third-order valence-electron chi connectivity index (χ3n) is 5.74. The third kappa shape index (κ3) is 4.03. The fraction of sp³-hybridized carbons (Fsp3) is 0.182. The van der Waals surface area contributed by atoms with Crippen molar-refractivity contribution in [3.63, 3.8) is 0 Å². The van der Waals surface area contributed by atoms with Gasteiger partial charge in [0.25, 0.3) is 5.91 Å². The van der Waals surface area contributed by atoms with Crippen LogP contribution in [-0.2, 0) is 20.9 Å². The van der Waals surface area contributed by atoms with E-state index in [0.29, 0.717) is 31.1 Å². The Morgan fingerprint density at radius 2 is 1.86 bits per heavy atom. The summed E-state index contributed by atoms with van der Waals surface area (Å²) in [6.07, 6.45) is 3.11. The highest BCUT2D eigenvalue weighted by Crippen LogP contribution is 2.53. The number of fused-ring (bicyclic) bond motifs is 2. The second-order valence-corrected chi connectivity index (χ2v) is 10.4. The van der Waals surface area contributed by atoms with Crippen molar-refractivity contribution in [1.29, 1.82) is 0 Å². The Labute approximate surface area is 211 Å². The van der Waals surface area contributed by atoms with E-state index in [1.807, 2.05) is 0 Å². The fourth-order valence-electron chi connectivity index (χ4n) is 4.27. The highest BCUT2D eigenvalue weighted by molar-refractivity contribution is 8.00. The zero-order valence-electron chi connectivity index (χ0n) is 17.7. The van der Waals surface area contributed by atoms with Crippen LogP contribution in [0.1, 0.15) is 16.4 Å². The summed E-state index contributed by atoms with van der Waals surface area (Å²) in [7, 11) is 0. The average molecular weight is 530 g/mol. The molecule has 4 heterocycles. The van der Waals surface area contributed by atoms with E-state index >= 15 is 0 Å². The van der Waals surface area contributed by atoms with Crippen molar-refractivity contribution in [2.75, 3.05) is 5.32 Å². The molecule has 35 heavy (non-hydrogen) atoms. The molecule has 0 spiro atoms. The summed E-state index contributed by atoms with van der Waals surface area (Å²) in [5.41, 5.74) is 6.42. The number of anilines is 1. The van der Waals surface area contributed by atoms with Gasteiger partial charge in [-0.15, -0.1) is 0 Å². The topological polar surface area (TPSA) is 144 Å². The summed E-state index contributed by atoms with van der Waals surface area (Å²) in [4.78, 5) is 68.3. The number of aromatic nitrogens is 2. The van der Waals surface area contributed by atoms with Gasteiger partial charge >= 0.3 is 10.9 Å². The largest absolute Gasteiger partial charge is 0.351 e. The molecule has 0 bridgehead atoms. The molecule has 0 saturated carbocycles. The molecule has 5 amide bonds. The number of likely N-dealkylation sites (tertiary alicyclic amines) is 1. The Morgan fingerprint density at radius 1 is 1.11 bits per heavy atom. The first-order valence-corrected chi connectivity index (χ1v) is 12.4. The molecule has 0 aliphatic carbocycles. The molecule has 178 valence electrons. The van der Waals surface area contributed by atoms with Crippen molar-refractivity contribution in [2.45, 2.75) is 22.7 Å². The number of thiazole rings is 1. The minimum absolute atomic E-state index is 0.306. The predicted octanol–water partition coefficient (Wildman–Crippen LogP) is 2.27. The van der Waals surface area contributed by atoms with E-state index in [1.165, 1.54) is 4.57 Å². The molecule has 0 radical (unpaired) electrons. The summed E-state index contributed by atoms with van der Waals surface area (Å²) >= 11 is 7.76. The maximum atomic E-state index is 13.1. The van der Waals surface area contributed by atoms with Crippen LogP contribution in [0.4, 0.5) is 10.5 Å². The van der Waals surface area contributed by atoms with E-state index in [1.54, 1.807) is 48.8 Å². The lowest BCUT2D eigenvalue weighted by Crippen LogP contribution is -2.41. The summed E-state index contributed by atoms with van der Waals surface area (Å²) in [6, 6.07) is 8.77. The molecule has 13 heteroatoms. The van der Waals surface area contributed by atoms with E-state index in [-0.39, 0.29) is 6.54 Å². The molecule has 10 nitrogen and oxygen atoms in total. The number of thioether (sulfide) groups is 1. The summed E-state index contributed by atoms with van der Waals surface area (Å²) in [6.45, 7) is -0.306. The number of nitrogens with one attached hydrogen (secondary N) is 1. The first-order valence-electron chi connectivity index (χ1n) is 10.3. The molecule has 2 aliphatic heterocycles. The Kier molecular flexibility index (Phi) is 5.95. The normalized spacial score (nSPS) is 20.9. The maximum Gasteiger partial charge on any atom is 0.328 e. The van der Waals surface area contributed by atoms with E-state index < -0.39 is 45.7 Å². The lowest BCUT2D eigenvalue weighted by atomic mass is 9.84. The van der Waals surface area contributed by atoms with Crippen molar-refractivity contribution in [3.8, 4) is 0 Å². The van der Waals surface area contributed by atoms with E-state index in [0.717, 1.165) is 23.1 Å². The van der Waals surface area contributed by atoms with Crippen LogP contribution < -0.4 is 15.9 Å². The molecule has 2 aromatic heterocycles. The summed E-state index contributed by atoms with van der Waals surface area (Å²) in [5.74, 6) is -3.56. The van der Waals surface area contributed by atoms with Crippen molar-refractivity contribution in [3.05, 3.63) is 73.9 Å². The Morgan fingerprint density at radius 3 is 2.51 bits per heavy atom. The predicted molar refractivity (Wildman–Crippen MR) is 129 cm³/mol. The number of amides is 5. The van der Waals surface area contributed by atoms with E-state index in [2.05, 4.69) is 10.3 Å². The van der Waals surface area contributed by atoms with Crippen LogP contribution in [0.2, 0.25) is 5.02 Å². The monoisotopic (exact) mass is 529 g/mol. The second-order valence-electron chi connectivity index (χ2n) is 7.86. The van der Waals surface area contributed by atoms with Crippen LogP contribution in [0.25, 0.3) is 0 Å². The van der Waals surface area contributed by atoms with Crippen LogP contribution in [0.3, 0.4) is 0 Å². The van der Waals surface area contributed by atoms with Crippen LogP contribution >= 0.6 is 34.7 Å². The lowest BCUT2D eigenvalue weighted by Gasteiger charge is -2.30. The Bertz CT molecular complexity index is 1420. The van der Waals surface area contributed by atoms with Gasteiger partial charge in [0.2, 0.25) is 11.8 Å². The number of hydrogen-bond donors (Lipinski definition) is 2. The Balaban J connectivity index is 1.55. The fourth-order valence-corrected chi connectivity index (χ4v) is 7.17. The van der Waals surface area contributed by atoms with Crippen LogP contribution in [0.15, 0.2) is 58.6 Å². The molecule has 1 fully saturated rings. The molecule has 3 atom stereocenters. The Hall–Kier alpha value is -3.48. The molecule has 3 aromatic rings. The molecule has 3 N–H and O–H groups in total. The van der Waals surface area contributed by atoms with Crippen LogP contribution in [-0.4, -0.2) is 43.5 Å². The van der Waals surface area contributed by atoms with Crippen molar-refractivity contribution >= 4 is 64.1 Å². The number of rotatable bonds is 4. The molecular formula is C22H16ClN5O5S2. The number of primary amides is 1. The van der Waals surface area contributed by atoms with Crippen molar-refractivity contribution in [2.24, 2.45) is 11.7 Å². The van der Waals surface area contributed by atoms with Gasteiger partial charge in [-0.05, 0) is 35.9 Å². The molecule has 2 aliphatic rings. The number of imide groups is 3. The zero-order valence-corrected chi connectivity index (χ0v) is 20.1. The maximum absolute atomic E-state index is 13.1. The second kappa shape index (κ2) is 8.95. The molecule has 1 aromatic carbocycles. The standard InChI is InChI=1S/C22H16ClN5O5S2/c23-11-3-5-12(6-4-11)26-13(29)9-27-20-17(35-22(27)33)14(10-2-1-7-25-8-10)15-16(34-20)19(31)28(18(15)30)21(24)32/h1-8,14-16H,9H2,(H2,24,32)(H,26,29)/t14-,15?,16?/m0/s1. The van der Waals surface area contributed by atoms with Gasteiger partial charge in [0.15, 0.2) is 0 Å². The minimum atomic E-state index is -1.15. The van der Waals surface area contributed by atoms with Gasteiger partial charge in [0.05, 0.1) is 10.9 Å². The van der Waals surface area contributed by atoms with Gasteiger partial charge in [-0.2, -0.15) is 4.90 Å². The first kappa shape index (κ1) is 23.3. The number of hydrogen-bond acceptors (Lipinski definition) is 8. The quantitative estimate of drug-likeness (QED) is 0.493. The first-order chi connectivity index (χ1) is 16.8. The van der Waals surface area contributed by atoms with Crippen molar-refractivity contribution < 1.29 is 19.2 Å². The van der Waals surface area contributed by atoms with E-state index in [9.17, 15) is 24.0 Å². The van der Waals surface area contributed by atoms with E-state index in [4.69, 9.17) is 17.3 Å². The van der Waals surface area contributed by atoms with Gasteiger partial charge in [0.1, 0.15) is 11.8 Å². The number of nitrogens with two attached hydrogens (primary N) is 1. The number of carbonyl (C=O) groups excluding carboxylic acids is 4. The van der Waals surface area contributed by atoms with Crippen LogP contribution in [0, 0.1) is 5.92 Å². The van der Waals surface area contributed by atoms with Gasteiger partial charge in [0, 0.05) is 33.9 Å². The molecular weight excluding hydrogens is 514 g/mol. The smallest absolute Gasteiger partial charge is 0.328 e. The van der Waals surface area contributed by atoms with Gasteiger partial charge in [-0.1, -0.05) is 40.8 Å². The minimum Gasteiger partial charge on any atom is -0.351 e. The number of carbonyl (C=O) groups is 4. The number of halogens is 1. The van der Waals surface area contributed by atoms with Gasteiger partial charge in [-0.3, -0.25) is 28.7 Å². The number of pyridine rings is 1. The highest BCUT2D eigenvalue weighted by Gasteiger charge is 2.57. The number of urea groups is 1. The van der Waals surface area contributed by atoms with Gasteiger partial charge < -0.3 is 11.1 Å².